The Morgan fingerprint density at radius 2 is 1.82 bits per heavy atom. The van der Waals surface area contributed by atoms with Crippen molar-refractivity contribution in [2.24, 2.45) is 5.92 Å². The van der Waals surface area contributed by atoms with Crippen LogP contribution >= 0.6 is 0 Å². The molecule has 0 unspecified atom stereocenters. The van der Waals surface area contributed by atoms with Crippen molar-refractivity contribution in [2.75, 3.05) is 13.7 Å². The number of alkyl halides is 3. The van der Waals surface area contributed by atoms with Crippen LogP contribution in [0.5, 0.6) is 0 Å². The zero-order chi connectivity index (χ0) is 32.3. The third kappa shape index (κ3) is 6.91. The van der Waals surface area contributed by atoms with E-state index in [1.165, 1.54) is 10.5 Å². The maximum absolute atomic E-state index is 14.0. The van der Waals surface area contributed by atoms with Gasteiger partial charge in [-0.3, -0.25) is 14.0 Å². The monoisotopic (exact) mass is 620 g/mol. The molecule has 2 aromatic carbocycles. The molecule has 0 saturated heterocycles. The Labute approximate surface area is 257 Å². The SMILES string of the molecule is COC1CCC(CN(C(=O)Cc2ccc(F)c(C(F)(F)F)c2)[C@H](C)c2nc3ccccn3c(=O)c2-c2ccc(C#N)cc2)CC1. The fourth-order valence-corrected chi connectivity index (χ4v) is 6.02. The first kappa shape index (κ1) is 31.9. The van der Waals surface area contributed by atoms with Crippen molar-refractivity contribution in [2.45, 2.75) is 57.3 Å². The molecule has 0 radical (unpaired) electrons. The number of hydrogen-bond donors (Lipinski definition) is 0. The molecule has 1 fully saturated rings. The zero-order valence-electron chi connectivity index (χ0n) is 24.9. The van der Waals surface area contributed by atoms with Gasteiger partial charge < -0.3 is 9.64 Å². The van der Waals surface area contributed by atoms with E-state index in [-0.39, 0.29) is 35.3 Å². The third-order valence-electron chi connectivity index (χ3n) is 8.52. The standard InChI is InChI=1S/C34H32F4N4O3/c1-21(32-31(25-11-6-22(19-39)7-12-25)33(44)41-16-4-3-5-29(41)40-32)42(20-23-8-13-26(45-2)14-9-23)30(43)18-24-10-15-28(35)27(17-24)34(36,37)38/h3-7,10-12,15-17,21,23,26H,8-9,13-14,18,20H2,1-2H3/t21-,23?,26?/m1/s1. The van der Waals surface area contributed by atoms with Crippen LogP contribution in [0.2, 0.25) is 0 Å². The van der Waals surface area contributed by atoms with Crippen molar-refractivity contribution in [3.8, 4) is 17.2 Å². The molecule has 4 aromatic rings. The van der Waals surface area contributed by atoms with Crippen LogP contribution < -0.4 is 5.56 Å². The van der Waals surface area contributed by atoms with E-state index in [4.69, 9.17) is 9.72 Å². The predicted octanol–water partition coefficient (Wildman–Crippen LogP) is 6.73. The van der Waals surface area contributed by atoms with Gasteiger partial charge in [0.05, 0.1) is 47.0 Å². The Morgan fingerprint density at radius 3 is 2.47 bits per heavy atom. The largest absolute Gasteiger partial charge is 0.419 e. The molecule has 234 valence electrons. The van der Waals surface area contributed by atoms with E-state index in [0.717, 1.165) is 31.7 Å². The van der Waals surface area contributed by atoms with Crippen molar-refractivity contribution in [1.82, 2.24) is 14.3 Å². The number of nitrogens with zero attached hydrogens (tertiary/aromatic N) is 4. The molecule has 0 bridgehead atoms. The lowest BCUT2D eigenvalue weighted by Gasteiger charge is -2.36. The highest BCUT2D eigenvalue weighted by Gasteiger charge is 2.35. The number of ether oxygens (including phenoxy) is 1. The van der Waals surface area contributed by atoms with Crippen LogP contribution in [0.4, 0.5) is 17.6 Å². The van der Waals surface area contributed by atoms with Gasteiger partial charge in [-0.25, -0.2) is 9.37 Å². The topological polar surface area (TPSA) is 87.7 Å². The van der Waals surface area contributed by atoms with Crippen molar-refractivity contribution >= 4 is 11.6 Å². The summed E-state index contributed by atoms with van der Waals surface area (Å²) in [7, 11) is 1.66. The minimum absolute atomic E-state index is 0.0212. The van der Waals surface area contributed by atoms with Gasteiger partial charge in [0.1, 0.15) is 11.5 Å². The Hall–Kier alpha value is -4.56. The van der Waals surface area contributed by atoms with E-state index in [1.54, 1.807) is 67.6 Å². The molecule has 1 aliphatic rings. The number of fused-ring (bicyclic) bond motifs is 1. The molecule has 7 nitrogen and oxygen atoms in total. The maximum Gasteiger partial charge on any atom is 0.419 e. The maximum atomic E-state index is 14.0. The van der Waals surface area contributed by atoms with Crippen LogP contribution in [-0.2, 0) is 22.1 Å². The van der Waals surface area contributed by atoms with Crippen LogP contribution in [0.1, 0.15) is 61.0 Å². The second kappa shape index (κ2) is 13.2. The highest BCUT2D eigenvalue weighted by atomic mass is 19.4. The van der Waals surface area contributed by atoms with Gasteiger partial charge >= 0.3 is 6.18 Å². The Kier molecular flexibility index (Phi) is 9.34. The summed E-state index contributed by atoms with van der Waals surface area (Å²) in [4.78, 5) is 34.3. The lowest BCUT2D eigenvalue weighted by atomic mass is 9.86. The smallest absolute Gasteiger partial charge is 0.381 e. The van der Waals surface area contributed by atoms with Crippen molar-refractivity contribution in [3.63, 3.8) is 0 Å². The van der Waals surface area contributed by atoms with E-state index in [0.29, 0.717) is 28.5 Å². The lowest BCUT2D eigenvalue weighted by molar-refractivity contribution is -0.140. The van der Waals surface area contributed by atoms with Crippen LogP contribution in [0.25, 0.3) is 16.8 Å². The first-order valence-electron chi connectivity index (χ1n) is 14.7. The van der Waals surface area contributed by atoms with Gasteiger partial charge in [-0.05, 0) is 86.1 Å². The summed E-state index contributed by atoms with van der Waals surface area (Å²) in [5.74, 6) is -1.80. The molecule has 0 spiro atoms. The number of methoxy groups -OCH3 is 1. The second-order valence-corrected chi connectivity index (χ2v) is 11.4. The normalized spacial score (nSPS) is 17.5. The summed E-state index contributed by atoms with van der Waals surface area (Å²) < 4.78 is 61.3. The Morgan fingerprint density at radius 1 is 1.11 bits per heavy atom. The fraction of sp³-hybridized carbons (Fsp3) is 0.353. The number of benzene rings is 2. The van der Waals surface area contributed by atoms with Gasteiger partial charge in [-0.15, -0.1) is 0 Å². The average molecular weight is 621 g/mol. The minimum Gasteiger partial charge on any atom is -0.381 e. The average Bonchev–Trinajstić information content (AvgIpc) is 3.04. The first-order chi connectivity index (χ1) is 21.5. The van der Waals surface area contributed by atoms with E-state index in [9.17, 15) is 32.4 Å². The summed E-state index contributed by atoms with van der Waals surface area (Å²) in [6.07, 6.45) is -0.444. The molecule has 2 heterocycles. The predicted molar refractivity (Wildman–Crippen MR) is 160 cm³/mol. The van der Waals surface area contributed by atoms with E-state index in [2.05, 4.69) is 6.07 Å². The molecule has 1 aliphatic carbocycles. The minimum atomic E-state index is -4.91. The number of hydrogen-bond acceptors (Lipinski definition) is 5. The molecule has 1 saturated carbocycles. The van der Waals surface area contributed by atoms with Gasteiger partial charge in [-0.2, -0.15) is 18.4 Å². The van der Waals surface area contributed by atoms with Crippen LogP contribution in [0.3, 0.4) is 0 Å². The molecular formula is C34H32F4N4O3. The van der Waals surface area contributed by atoms with Gasteiger partial charge in [-0.1, -0.05) is 24.3 Å². The van der Waals surface area contributed by atoms with Crippen LogP contribution in [0, 0.1) is 23.1 Å². The lowest BCUT2D eigenvalue weighted by Crippen LogP contribution is -2.41. The van der Waals surface area contributed by atoms with Crippen LogP contribution in [0.15, 0.2) is 71.7 Å². The van der Waals surface area contributed by atoms with Gasteiger partial charge in [0.25, 0.3) is 5.56 Å². The molecule has 1 amide bonds. The Bertz CT molecular complexity index is 1790. The number of aromatic nitrogens is 2. The van der Waals surface area contributed by atoms with E-state index >= 15 is 0 Å². The molecule has 2 aromatic heterocycles. The zero-order valence-corrected chi connectivity index (χ0v) is 24.9. The number of amides is 1. The second-order valence-electron chi connectivity index (χ2n) is 11.4. The number of carbonyl (C=O) groups excluding carboxylic acids is 1. The number of carbonyl (C=O) groups is 1. The van der Waals surface area contributed by atoms with Gasteiger partial charge in [0, 0.05) is 19.9 Å². The van der Waals surface area contributed by atoms with Crippen molar-refractivity contribution in [3.05, 3.63) is 105 Å². The number of rotatable bonds is 8. The molecule has 0 N–H and O–H groups in total. The summed E-state index contributed by atoms with van der Waals surface area (Å²) >= 11 is 0. The van der Waals surface area contributed by atoms with Gasteiger partial charge in [0.15, 0.2) is 0 Å². The first-order valence-corrected chi connectivity index (χ1v) is 14.7. The van der Waals surface area contributed by atoms with Gasteiger partial charge in [0.2, 0.25) is 5.91 Å². The molecule has 5 rings (SSSR count). The molecular weight excluding hydrogens is 588 g/mol. The molecule has 11 heteroatoms. The van der Waals surface area contributed by atoms with Crippen LogP contribution in [-0.4, -0.2) is 40.0 Å². The summed E-state index contributed by atoms with van der Waals surface area (Å²) in [6.45, 7) is 2.03. The fourth-order valence-electron chi connectivity index (χ4n) is 6.02. The third-order valence-corrected chi connectivity index (χ3v) is 8.52. The highest BCUT2D eigenvalue weighted by molar-refractivity contribution is 5.80. The highest BCUT2D eigenvalue weighted by Crippen LogP contribution is 2.34. The summed E-state index contributed by atoms with van der Waals surface area (Å²) in [5, 5.41) is 9.29. The number of nitriles is 1. The van der Waals surface area contributed by atoms with Crippen molar-refractivity contribution < 1.29 is 27.1 Å². The summed E-state index contributed by atoms with van der Waals surface area (Å²) in [6, 6.07) is 15.5. The number of pyridine rings is 1. The quantitative estimate of drug-likeness (QED) is 0.204. The molecule has 0 aliphatic heterocycles. The van der Waals surface area contributed by atoms with Crippen molar-refractivity contribution in [1.29, 1.82) is 5.26 Å². The van der Waals surface area contributed by atoms with E-state index in [1.807, 2.05) is 0 Å². The summed E-state index contributed by atoms with van der Waals surface area (Å²) in [5.41, 5.74) is 0.0703. The van der Waals surface area contributed by atoms with E-state index < -0.39 is 35.9 Å². The molecule has 1 atom stereocenters. The molecule has 45 heavy (non-hydrogen) atoms. The number of halogens is 4. The Balaban J connectivity index is 1.58.